The summed E-state index contributed by atoms with van der Waals surface area (Å²) in [5.74, 6) is -3.36. The number of amides is 6. The molecule has 14 nitrogen and oxygen atoms in total. The van der Waals surface area contributed by atoms with Crippen LogP contribution < -0.4 is 31.3 Å². The predicted octanol–water partition coefficient (Wildman–Crippen LogP) is -0.477. The minimum absolute atomic E-state index is 0.0566. The number of nitrogens with one attached hydrogen (secondary N) is 5. The smallest absolute Gasteiger partial charge is 0.248 e. The van der Waals surface area contributed by atoms with Gasteiger partial charge in [-0.25, -0.2) is 0 Å². The zero-order valence-electron chi connectivity index (χ0n) is 27.7. The highest BCUT2D eigenvalue weighted by Crippen LogP contribution is 2.27. The summed E-state index contributed by atoms with van der Waals surface area (Å²) >= 11 is 0. The molecule has 47 heavy (non-hydrogen) atoms. The van der Waals surface area contributed by atoms with Crippen molar-refractivity contribution in [3.05, 3.63) is 29.8 Å². The number of fused-ring (bicyclic) bond motifs is 2. The molecule has 1 aliphatic carbocycles. The van der Waals surface area contributed by atoms with Gasteiger partial charge in [0.25, 0.3) is 0 Å². The third-order valence-electron chi connectivity index (χ3n) is 9.28. The average molecular weight is 657 g/mol. The maximum atomic E-state index is 14.0. The third-order valence-corrected chi connectivity index (χ3v) is 9.28. The lowest BCUT2D eigenvalue weighted by Gasteiger charge is -2.33. The Morgan fingerprint density at radius 3 is 2.26 bits per heavy atom. The van der Waals surface area contributed by atoms with Crippen molar-refractivity contribution in [2.24, 2.45) is 11.8 Å². The summed E-state index contributed by atoms with van der Waals surface area (Å²) in [5.41, 5.74) is 0.938. The Morgan fingerprint density at radius 2 is 1.62 bits per heavy atom. The van der Waals surface area contributed by atoms with Crippen LogP contribution in [0.4, 0.5) is 0 Å². The molecule has 8 atom stereocenters. The summed E-state index contributed by atoms with van der Waals surface area (Å²) in [6.07, 6.45) is 1.14. The summed E-state index contributed by atoms with van der Waals surface area (Å²) in [6.45, 7) is 6.32. The number of methoxy groups -OCH3 is 1. The molecule has 0 radical (unpaired) electrons. The SMILES string of the molecule is COc1ccc(CCC(=O)N[C@H]2C[C@H]3C(=O)N[C@@H](C)C(=O)N[C@H]4CCC[C@@H]4C(=O)N[C@H](C(C)C)C(=O)N[C@@H]([C@@H](C)O)C(=O)N3C2)cc1. The molecule has 3 fully saturated rings. The van der Waals surface area contributed by atoms with Gasteiger partial charge in [-0.3, -0.25) is 28.8 Å². The number of carbonyl (C=O) groups excluding carboxylic acids is 6. The first-order chi connectivity index (χ1) is 22.3. The van der Waals surface area contributed by atoms with Gasteiger partial charge in [-0.1, -0.05) is 32.4 Å². The van der Waals surface area contributed by atoms with Crippen molar-refractivity contribution in [3.8, 4) is 5.75 Å². The van der Waals surface area contributed by atoms with Gasteiger partial charge in [0.2, 0.25) is 35.4 Å². The molecule has 258 valence electrons. The number of carbonyl (C=O) groups is 6. The quantitative estimate of drug-likeness (QED) is 0.227. The van der Waals surface area contributed by atoms with Gasteiger partial charge in [-0.2, -0.15) is 0 Å². The number of nitrogens with zero attached hydrogens (tertiary/aromatic N) is 1. The molecule has 0 aromatic heterocycles. The Bertz CT molecular complexity index is 1330. The number of aliphatic hydroxyl groups is 1. The van der Waals surface area contributed by atoms with Gasteiger partial charge in [0, 0.05) is 25.0 Å². The van der Waals surface area contributed by atoms with E-state index < -0.39 is 77.8 Å². The van der Waals surface area contributed by atoms with E-state index in [1.165, 1.54) is 18.7 Å². The van der Waals surface area contributed by atoms with E-state index in [2.05, 4.69) is 26.6 Å². The molecule has 1 aromatic rings. The zero-order chi connectivity index (χ0) is 34.4. The number of benzene rings is 1. The molecule has 0 unspecified atom stereocenters. The van der Waals surface area contributed by atoms with Gasteiger partial charge in [0.1, 0.15) is 29.9 Å². The normalized spacial score (nSPS) is 29.6. The van der Waals surface area contributed by atoms with Crippen molar-refractivity contribution in [1.82, 2.24) is 31.5 Å². The van der Waals surface area contributed by atoms with E-state index in [-0.39, 0.29) is 31.2 Å². The first kappa shape index (κ1) is 35.7. The molecule has 1 saturated carbocycles. The van der Waals surface area contributed by atoms with Crippen LogP contribution in [0.15, 0.2) is 24.3 Å². The summed E-state index contributed by atoms with van der Waals surface area (Å²) in [6, 6.07) is 1.76. The van der Waals surface area contributed by atoms with Crippen LogP contribution >= 0.6 is 0 Å². The van der Waals surface area contributed by atoms with Crippen LogP contribution in [0.1, 0.15) is 65.4 Å². The Balaban J connectivity index is 1.56. The Kier molecular flexibility index (Phi) is 11.8. The average Bonchev–Trinajstić information content (AvgIpc) is 3.67. The third kappa shape index (κ3) is 8.79. The predicted molar refractivity (Wildman–Crippen MR) is 171 cm³/mol. The van der Waals surface area contributed by atoms with Crippen LogP contribution in [0.3, 0.4) is 0 Å². The van der Waals surface area contributed by atoms with Gasteiger partial charge >= 0.3 is 0 Å². The van der Waals surface area contributed by atoms with Gasteiger partial charge in [0.15, 0.2) is 0 Å². The maximum Gasteiger partial charge on any atom is 0.248 e. The van der Waals surface area contributed by atoms with Crippen LogP contribution in [-0.4, -0.2) is 101 Å². The van der Waals surface area contributed by atoms with E-state index >= 15 is 0 Å². The van der Waals surface area contributed by atoms with E-state index in [0.29, 0.717) is 31.4 Å². The number of aliphatic hydroxyl groups excluding tert-OH is 1. The lowest BCUT2D eigenvalue weighted by atomic mass is 9.98. The molecule has 0 spiro atoms. The fraction of sp³-hybridized carbons (Fsp3) is 0.636. The second-order valence-electron chi connectivity index (χ2n) is 13.2. The highest BCUT2D eigenvalue weighted by atomic mass is 16.5. The van der Waals surface area contributed by atoms with E-state index in [1.807, 2.05) is 24.3 Å². The Hall–Kier alpha value is -4.20. The second-order valence-corrected chi connectivity index (χ2v) is 13.2. The molecule has 14 heteroatoms. The monoisotopic (exact) mass is 656 g/mol. The van der Waals surface area contributed by atoms with Gasteiger partial charge in [-0.05, 0) is 63.1 Å². The van der Waals surface area contributed by atoms with Crippen LogP contribution in [0.5, 0.6) is 5.75 Å². The summed E-state index contributed by atoms with van der Waals surface area (Å²) in [4.78, 5) is 81.8. The fourth-order valence-electron chi connectivity index (χ4n) is 6.52. The molecule has 3 aliphatic rings. The van der Waals surface area contributed by atoms with Crippen LogP contribution in [0.2, 0.25) is 0 Å². The standard InChI is InChI=1S/C33H48N6O8/c1-17(2)27-32(45)38-28(19(4)40)33(46)39-16-21(35-26(41)14-11-20-9-12-22(47-5)13-10-20)15-25(39)31(44)34-18(3)29(42)36-24-8-6-7-23(24)30(43)37-27/h9-10,12-13,17-19,21,23-25,27-28,40H,6-8,11,14-16H2,1-5H3,(H,34,44)(H,35,41)(H,36,42)(H,37,43)(H,38,45)/t18-,19+,21-,23-,24-,25-,27+,28-/m0/s1. The summed E-state index contributed by atoms with van der Waals surface area (Å²) in [5, 5.41) is 24.5. The zero-order valence-corrected chi connectivity index (χ0v) is 27.7. The molecular weight excluding hydrogens is 608 g/mol. The number of rotatable bonds is 7. The van der Waals surface area contributed by atoms with E-state index in [4.69, 9.17) is 4.74 Å². The van der Waals surface area contributed by atoms with Crippen molar-refractivity contribution in [1.29, 1.82) is 0 Å². The largest absolute Gasteiger partial charge is 0.497 e. The van der Waals surface area contributed by atoms with Crippen LogP contribution in [0.25, 0.3) is 0 Å². The second kappa shape index (κ2) is 15.6. The van der Waals surface area contributed by atoms with Gasteiger partial charge < -0.3 is 41.3 Å². The molecule has 4 rings (SSSR count). The number of ether oxygens (including phenoxy) is 1. The highest BCUT2D eigenvalue weighted by Gasteiger charge is 2.45. The molecule has 2 saturated heterocycles. The molecule has 2 aliphatic heterocycles. The molecule has 1 aromatic carbocycles. The van der Waals surface area contributed by atoms with E-state index in [9.17, 15) is 33.9 Å². The van der Waals surface area contributed by atoms with E-state index in [1.54, 1.807) is 21.0 Å². The van der Waals surface area contributed by atoms with E-state index in [0.717, 1.165) is 5.56 Å². The van der Waals surface area contributed by atoms with Crippen molar-refractivity contribution < 1.29 is 38.6 Å². The molecule has 0 bridgehead atoms. The summed E-state index contributed by atoms with van der Waals surface area (Å²) < 4.78 is 5.17. The van der Waals surface area contributed by atoms with Crippen LogP contribution in [-0.2, 0) is 35.2 Å². The molecule has 2 heterocycles. The summed E-state index contributed by atoms with van der Waals surface area (Å²) in [7, 11) is 1.57. The molecular formula is C33H48N6O8. The van der Waals surface area contributed by atoms with Crippen molar-refractivity contribution in [2.45, 2.75) is 109 Å². The minimum Gasteiger partial charge on any atom is -0.497 e. The minimum atomic E-state index is -1.44. The Morgan fingerprint density at radius 1 is 0.936 bits per heavy atom. The van der Waals surface area contributed by atoms with Crippen LogP contribution in [0, 0.1) is 11.8 Å². The molecule has 6 amide bonds. The lowest BCUT2D eigenvalue weighted by molar-refractivity contribution is -0.145. The maximum absolute atomic E-state index is 14.0. The number of hydrogen-bond acceptors (Lipinski definition) is 8. The topological polar surface area (TPSA) is 195 Å². The lowest BCUT2D eigenvalue weighted by Crippen LogP contribution is -2.62. The van der Waals surface area contributed by atoms with Gasteiger partial charge in [0.05, 0.1) is 19.1 Å². The first-order valence-corrected chi connectivity index (χ1v) is 16.4. The first-order valence-electron chi connectivity index (χ1n) is 16.4. The van der Waals surface area contributed by atoms with Crippen molar-refractivity contribution in [2.75, 3.05) is 13.7 Å². The van der Waals surface area contributed by atoms with Gasteiger partial charge in [-0.15, -0.1) is 0 Å². The number of hydrogen-bond donors (Lipinski definition) is 6. The Labute approximate surface area is 275 Å². The highest BCUT2D eigenvalue weighted by molar-refractivity contribution is 5.97. The van der Waals surface area contributed by atoms with Crippen molar-refractivity contribution >= 4 is 35.4 Å². The molecule has 6 N–H and O–H groups in total. The fourth-order valence-corrected chi connectivity index (χ4v) is 6.52. The number of aryl methyl sites for hydroxylation is 1. The van der Waals surface area contributed by atoms with Crippen molar-refractivity contribution in [3.63, 3.8) is 0 Å².